The molecule has 0 bridgehead atoms. The summed E-state index contributed by atoms with van der Waals surface area (Å²) in [7, 11) is 1.45. The van der Waals surface area contributed by atoms with Gasteiger partial charge in [-0.05, 0) is 30.5 Å². The zero-order chi connectivity index (χ0) is 11.6. The zero-order valence-electron chi connectivity index (χ0n) is 9.67. The van der Waals surface area contributed by atoms with Crippen LogP contribution in [0.1, 0.15) is 26.3 Å². The van der Waals surface area contributed by atoms with Gasteiger partial charge in [-0.15, -0.1) is 0 Å². The third-order valence-corrected chi connectivity index (χ3v) is 2.97. The molecule has 3 heteroatoms. The molecule has 0 amide bonds. The molecule has 0 saturated carbocycles. The van der Waals surface area contributed by atoms with Crippen LogP contribution in [0.2, 0.25) is 0 Å². The highest BCUT2D eigenvalue weighted by atomic mass is 19.1. The molecule has 0 heterocycles. The number of rotatable bonds is 3. The summed E-state index contributed by atoms with van der Waals surface area (Å²) in [5.41, 5.74) is 6.40. The van der Waals surface area contributed by atoms with E-state index in [0.717, 1.165) is 5.56 Å². The SMILES string of the molecule is COc1ccc(C(C)(N)C(C)C)cc1F. The highest BCUT2D eigenvalue weighted by Crippen LogP contribution is 2.29. The van der Waals surface area contributed by atoms with Crippen molar-refractivity contribution in [3.8, 4) is 5.75 Å². The van der Waals surface area contributed by atoms with Gasteiger partial charge in [0.2, 0.25) is 0 Å². The van der Waals surface area contributed by atoms with E-state index in [1.54, 1.807) is 6.07 Å². The summed E-state index contributed by atoms with van der Waals surface area (Å²) in [6.45, 7) is 5.93. The average molecular weight is 211 g/mol. The fourth-order valence-corrected chi connectivity index (χ4v) is 1.33. The van der Waals surface area contributed by atoms with E-state index in [9.17, 15) is 4.39 Å². The Balaban J connectivity index is 3.12. The van der Waals surface area contributed by atoms with Gasteiger partial charge in [-0.1, -0.05) is 19.9 Å². The van der Waals surface area contributed by atoms with Gasteiger partial charge < -0.3 is 10.5 Å². The molecule has 2 N–H and O–H groups in total. The first kappa shape index (κ1) is 12.0. The van der Waals surface area contributed by atoms with Crippen molar-refractivity contribution in [1.82, 2.24) is 0 Å². The summed E-state index contributed by atoms with van der Waals surface area (Å²) >= 11 is 0. The van der Waals surface area contributed by atoms with Gasteiger partial charge in [0, 0.05) is 5.54 Å². The van der Waals surface area contributed by atoms with Crippen molar-refractivity contribution in [2.24, 2.45) is 11.7 Å². The first-order chi connectivity index (χ1) is 6.89. The van der Waals surface area contributed by atoms with Crippen molar-refractivity contribution in [2.75, 3.05) is 7.11 Å². The van der Waals surface area contributed by atoms with E-state index in [2.05, 4.69) is 0 Å². The van der Waals surface area contributed by atoms with E-state index in [4.69, 9.17) is 10.5 Å². The summed E-state index contributed by atoms with van der Waals surface area (Å²) in [6, 6.07) is 4.86. The van der Waals surface area contributed by atoms with E-state index in [-0.39, 0.29) is 17.5 Å². The average Bonchev–Trinajstić information content (AvgIpc) is 2.17. The van der Waals surface area contributed by atoms with Crippen molar-refractivity contribution in [3.05, 3.63) is 29.6 Å². The highest BCUT2D eigenvalue weighted by molar-refractivity contribution is 5.33. The standard InChI is InChI=1S/C12H18FNO/c1-8(2)12(3,14)9-5-6-11(15-4)10(13)7-9/h5-8H,14H2,1-4H3. The topological polar surface area (TPSA) is 35.2 Å². The number of halogens is 1. The monoisotopic (exact) mass is 211 g/mol. The maximum atomic E-state index is 13.5. The van der Waals surface area contributed by atoms with Crippen LogP contribution in [0.3, 0.4) is 0 Å². The Morgan fingerprint density at radius 3 is 2.40 bits per heavy atom. The minimum Gasteiger partial charge on any atom is -0.494 e. The molecule has 0 aromatic heterocycles. The fourth-order valence-electron chi connectivity index (χ4n) is 1.33. The summed E-state index contributed by atoms with van der Waals surface area (Å²) in [5, 5.41) is 0. The normalized spacial score (nSPS) is 15.1. The van der Waals surface area contributed by atoms with Crippen molar-refractivity contribution in [1.29, 1.82) is 0 Å². The minimum absolute atomic E-state index is 0.241. The van der Waals surface area contributed by atoms with Crippen LogP contribution in [0.4, 0.5) is 4.39 Å². The van der Waals surface area contributed by atoms with Gasteiger partial charge in [0.1, 0.15) is 0 Å². The first-order valence-corrected chi connectivity index (χ1v) is 5.02. The maximum Gasteiger partial charge on any atom is 0.165 e. The van der Waals surface area contributed by atoms with Gasteiger partial charge in [-0.2, -0.15) is 0 Å². The lowest BCUT2D eigenvalue weighted by Crippen LogP contribution is -2.38. The van der Waals surface area contributed by atoms with Gasteiger partial charge in [-0.3, -0.25) is 0 Å². The summed E-state index contributed by atoms with van der Waals surface area (Å²) in [4.78, 5) is 0. The molecule has 1 unspecified atom stereocenters. The molecule has 0 aliphatic rings. The van der Waals surface area contributed by atoms with E-state index in [1.165, 1.54) is 13.2 Å². The quantitative estimate of drug-likeness (QED) is 0.834. The number of nitrogens with two attached hydrogens (primary N) is 1. The molecule has 1 aromatic rings. The molecule has 1 rings (SSSR count). The first-order valence-electron chi connectivity index (χ1n) is 5.02. The van der Waals surface area contributed by atoms with E-state index in [0.29, 0.717) is 0 Å². The van der Waals surface area contributed by atoms with Gasteiger partial charge in [0.15, 0.2) is 11.6 Å². The van der Waals surface area contributed by atoms with Crippen molar-refractivity contribution < 1.29 is 9.13 Å². The van der Waals surface area contributed by atoms with Crippen molar-refractivity contribution in [3.63, 3.8) is 0 Å². The van der Waals surface area contributed by atoms with Crippen LogP contribution in [0, 0.1) is 11.7 Å². The second-order valence-electron chi connectivity index (χ2n) is 4.29. The molecule has 0 fully saturated rings. The van der Waals surface area contributed by atoms with Crippen LogP contribution in [-0.2, 0) is 5.54 Å². The van der Waals surface area contributed by atoms with Crippen LogP contribution in [0.5, 0.6) is 5.75 Å². The fraction of sp³-hybridized carbons (Fsp3) is 0.500. The number of ether oxygens (including phenoxy) is 1. The van der Waals surface area contributed by atoms with E-state index < -0.39 is 5.54 Å². The smallest absolute Gasteiger partial charge is 0.165 e. The molecule has 0 aliphatic carbocycles. The Bertz CT molecular complexity index is 347. The Kier molecular flexibility index (Phi) is 3.35. The molecule has 0 spiro atoms. The number of benzene rings is 1. The van der Waals surface area contributed by atoms with Gasteiger partial charge in [0.25, 0.3) is 0 Å². The lowest BCUT2D eigenvalue weighted by Gasteiger charge is -2.29. The van der Waals surface area contributed by atoms with Crippen LogP contribution in [0.25, 0.3) is 0 Å². The molecule has 1 aromatic carbocycles. The molecule has 84 valence electrons. The second-order valence-corrected chi connectivity index (χ2v) is 4.29. The Hall–Kier alpha value is -1.09. The van der Waals surface area contributed by atoms with Crippen LogP contribution < -0.4 is 10.5 Å². The Labute approximate surface area is 90.2 Å². The number of methoxy groups -OCH3 is 1. The highest BCUT2D eigenvalue weighted by Gasteiger charge is 2.26. The van der Waals surface area contributed by atoms with Gasteiger partial charge in [0.05, 0.1) is 7.11 Å². The molecule has 0 aliphatic heterocycles. The summed E-state index contributed by atoms with van der Waals surface area (Å²) < 4.78 is 18.3. The maximum absolute atomic E-state index is 13.5. The van der Waals surface area contributed by atoms with Crippen LogP contribution in [0.15, 0.2) is 18.2 Å². The number of hydrogen-bond donors (Lipinski definition) is 1. The molecule has 0 radical (unpaired) electrons. The lowest BCUT2D eigenvalue weighted by atomic mass is 9.83. The van der Waals surface area contributed by atoms with Gasteiger partial charge in [-0.25, -0.2) is 4.39 Å². The number of hydrogen-bond acceptors (Lipinski definition) is 2. The Morgan fingerprint density at radius 1 is 1.40 bits per heavy atom. The summed E-state index contributed by atoms with van der Waals surface area (Å²) in [5.74, 6) is 0.121. The molecular formula is C12H18FNO. The lowest BCUT2D eigenvalue weighted by molar-refractivity contribution is 0.345. The largest absolute Gasteiger partial charge is 0.494 e. The molecule has 1 atom stereocenters. The van der Waals surface area contributed by atoms with Crippen LogP contribution in [-0.4, -0.2) is 7.11 Å². The van der Waals surface area contributed by atoms with Crippen molar-refractivity contribution >= 4 is 0 Å². The zero-order valence-corrected chi connectivity index (χ0v) is 9.67. The molecule has 15 heavy (non-hydrogen) atoms. The second kappa shape index (κ2) is 4.19. The molecule has 2 nitrogen and oxygen atoms in total. The van der Waals surface area contributed by atoms with Crippen molar-refractivity contribution in [2.45, 2.75) is 26.3 Å². The third-order valence-electron chi connectivity index (χ3n) is 2.97. The third kappa shape index (κ3) is 2.29. The van der Waals surface area contributed by atoms with E-state index in [1.807, 2.05) is 26.8 Å². The van der Waals surface area contributed by atoms with Crippen LogP contribution >= 0.6 is 0 Å². The van der Waals surface area contributed by atoms with E-state index >= 15 is 0 Å². The predicted molar refractivity (Wildman–Crippen MR) is 59.3 cm³/mol. The van der Waals surface area contributed by atoms with Gasteiger partial charge >= 0.3 is 0 Å². The predicted octanol–water partition coefficient (Wildman–Crippen LogP) is 2.66. The Morgan fingerprint density at radius 2 is 2.00 bits per heavy atom. The minimum atomic E-state index is -0.521. The summed E-state index contributed by atoms with van der Waals surface area (Å²) in [6.07, 6.45) is 0. The molecular weight excluding hydrogens is 193 g/mol. The molecule has 0 saturated heterocycles.